The van der Waals surface area contributed by atoms with Gasteiger partial charge in [-0.1, -0.05) is 23.5 Å². The summed E-state index contributed by atoms with van der Waals surface area (Å²) in [6.45, 7) is 2.99. The normalized spacial score (nSPS) is 23.3. The van der Waals surface area contributed by atoms with Crippen LogP contribution in [0.25, 0.3) is 0 Å². The molecule has 1 aromatic heterocycles. The zero-order valence-electron chi connectivity index (χ0n) is 21.8. The standard InChI is InChI=1S/C25H29FN6O6S2/c1-14-23(39-24(30-14)31-15(2)33)40(37,38)32-25-9-7-17(8-10-25)12-28-22(36)20(34)19(29-13-25)21(35)27-11-16-3-5-18(26)6-4-16/h3-6,13,17,32,34H,7-12H2,1-2H3,(H,27,35)(H,28,36)(H,30,31,33)/b20-19+,29-13?. The van der Waals surface area contributed by atoms with Gasteiger partial charge in [-0.3, -0.25) is 14.4 Å². The summed E-state index contributed by atoms with van der Waals surface area (Å²) in [5, 5.41) is 18.4. The molecule has 214 valence electrons. The Morgan fingerprint density at radius 2 is 1.90 bits per heavy atom. The number of aryl methyl sites for hydroxylation is 1. The van der Waals surface area contributed by atoms with Gasteiger partial charge in [0.2, 0.25) is 11.7 Å². The molecular weight excluding hydrogens is 563 g/mol. The molecule has 0 radical (unpaired) electrons. The van der Waals surface area contributed by atoms with Crippen LogP contribution >= 0.6 is 11.3 Å². The van der Waals surface area contributed by atoms with Crippen molar-refractivity contribution < 1.29 is 32.3 Å². The van der Waals surface area contributed by atoms with Crippen molar-refractivity contribution in [3.05, 3.63) is 52.8 Å². The first-order valence-corrected chi connectivity index (χ1v) is 14.8. The number of aliphatic hydroxyl groups is 1. The second-order valence-electron chi connectivity index (χ2n) is 9.75. The average Bonchev–Trinajstić information content (AvgIpc) is 3.26. The molecule has 1 saturated carbocycles. The quantitative estimate of drug-likeness (QED) is 0.326. The number of carbonyl (C=O) groups excluding carboxylic acids is 3. The maximum atomic E-state index is 13.5. The number of sulfonamides is 1. The number of hydrogen-bond acceptors (Lipinski definition) is 9. The lowest BCUT2D eigenvalue weighted by Gasteiger charge is -2.37. The lowest BCUT2D eigenvalue weighted by Crippen LogP contribution is -2.52. The van der Waals surface area contributed by atoms with Crippen molar-refractivity contribution in [2.24, 2.45) is 10.9 Å². The van der Waals surface area contributed by atoms with Gasteiger partial charge in [0.05, 0.1) is 11.2 Å². The minimum atomic E-state index is -4.15. The minimum Gasteiger partial charge on any atom is -0.501 e. The van der Waals surface area contributed by atoms with Crippen molar-refractivity contribution in [1.82, 2.24) is 20.3 Å². The van der Waals surface area contributed by atoms with Gasteiger partial charge < -0.3 is 21.1 Å². The molecule has 0 spiro atoms. The average molecular weight is 593 g/mol. The molecule has 2 bridgehead atoms. The van der Waals surface area contributed by atoms with E-state index in [9.17, 15) is 32.3 Å². The van der Waals surface area contributed by atoms with E-state index in [1.165, 1.54) is 44.3 Å². The number of nitrogens with one attached hydrogen (secondary N) is 4. The molecule has 5 N–H and O–H groups in total. The molecule has 1 fully saturated rings. The summed E-state index contributed by atoms with van der Waals surface area (Å²) in [6, 6.07) is 5.40. The van der Waals surface area contributed by atoms with Gasteiger partial charge in [0, 0.05) is 26.2 Å². The van der Waals surface area contributed by atoms with Crippen LogP contribution in [0.3, 0.4) is 0 Å². The van der Waals surface area contributed by atoms with E-state index in [1.54, 1.807) is 0 Å². The Kier molecular flexibility index (Phi) is 8.65. The number of carbonyl (C=O) groups is 3. The predicted molar refractivity (Wildman–Crippen MR) is 146 cm³/mol. The minimum absolute atomic E-state index is 0.0214. The molecule has 3 amide bonds. The smallest absolute Gasteiger partial charge is 0.288 e. The molecule has 5 rings (SSSR count). The molecule has 0 unspecified atom stereocenters. The van der Waals surface area contributed by atoms with Gasteiger partial charge in [0.1, 0.15) is 5.82 Å². The van der Waals surface area contributed by atoms with Gasteiger partial charge in [-0.05, 0) is 56.2 Å². The van der Waals surface area contributed by atoms with Gasteiger partial charge in [-0.15, -0.1) is 0 Å². The van der Waals surface area contributed by atoms with Crippen molar-refractivity contribution in [1.29, 1.82) is 0 Å². The van der Waals surface area contributed by atoms with E-state index in [4.69, 9.17) is 0 Å². The van der Waals surface area contributed by atoms with Crippen molar-refractivity contribution in [2.45, 2.75) is 55.8 Å². The number of amides is 3. The van der Waals surface area contributed by atoms with Gasteiger partial charge >= 0.3 is 0 Å². The van der Waals surface area contributed by atoms with Crippen molar-refractivity contribution in [3.63, 3.8) is 0 Å². The Bertz CT molecular complexity index is 1480. The number of halogens is 1. The summed E-state index contributed by atoms with van der Waals surface area (Å²) in [4.78, 5) is 45.3. The number of fused-ring (bicyclic) bond motifs is 6. The Morgan fingerprint density at radius 3 is 2.55 bits per heavy atom. The van der Waals surface area contributed by atoms with E-state index in [-0.39, 0.29) is 34.0 Å². The number of anilines is 1. The van der Waals surface area contributed by atoms with Crippen LogP contribution < -0.4 is 20.7 Å². The fraction of sp³-hybridized carbons (Fsp3) is 0.400. The molecule has 2 aromatic rings. The maximum Gasteiger partial charge on any atom is 0.288 e. The third-order valence-electron chi connectivity index (χ3n) is 6.63. The molecule has 1 aromatic carbocycles. The van der Waals surface area contributed by atoms with Crippen LogP contribution in [0.4, 0.5) is 9.52 Å². The summed E-state index contributed by atoms with van der Waals surface area (Å²) >= 11 is 0.807. The number of aliphatic imine (C=N–C) groups is 1. The highest BCUT2D eigenvalue weighted by atomic mass is 32.2. The van der Waals surface area contributed by atoms with Crippen LogP contribution in [0.15, 0.2) is 44.9 Å². The van der Waals surface area contributed by atoms with Crippen LogP contribution in [0.2, 0.25) is 0 Å². The number of rotatable bonds is 7. The van der Waals surface area contributed by atoms with E-state index >= 15 is 0 Å². The fourth-order valence-electron chi connectivity index (χ4n) is 4.52. The molecule has 15 heteroatoms. The zero-order chi connectivity index (χ0) is 29.1. The number of nitrogens with zero attached hydrogens (tertiary/aromatic N) is 2. The summed E-state index contributed by atoms with van der Waals surface area (Å²) in [5.74, 6) is -3.48. The number of aliphatic hydroxyl groups excluding tert-OH is 1. The van der Waals surface area contributed by atoms with Crippen LogP contribution in [-0.2, 0) is 31.0 Å². The topological polar surface area (TPSA) is 179 Å². The highest BCUT2D eigenvalue weighted by molar-refractivity contribution is 7.91. The Balaban J connectivity index is 1.64. The van der Waals surface area contributed by atoms with Gasteiger partial charge in [0.15, 0.2) is 15.0 Å². The lowest BCUT2D eigenvalue weighted by molar-refractivity contribution is -0.122. The zero-order valence-corrected chi connectivity index (χ0v) is 23.4. The Morgan fingerprint density at radius 1 is 1.23 bits per heavy atom. The summed E-state index contributed by atoms with van der Waals surface area (Å²) in [5.41, 5.74) is -1.05. The van der Waals surface area contributed by atoms with E-state index in [2.05, 4.69) is 30.6 Å². The van der Waals surface area contributed by atoms with Crippen molar-refractivity contribution in [3.8, 4) is 0 Å². The molecule has 0 atom stereocenters. The number of aromatic nitrogens is 1. The SMILES string of the molecule is CC(=O)Nc1nc(C)c(S(=O)(=O)NC23C=N/C(C(=O)NCc4ccc(F)cc4)=C(/O)C(=O)NCC(CC2)CC3)s1. The van der Waals surface area contributed by atoms with E-state index in [0.29, 0.717) is 31.2 Å². The van der Waals surface area contributed by atoms with E-state index < -0.39 is 50.6 Å². The second kappa shape index (κ2) is 11.8. The first kappa shape index (κ1) is 29.3. The van der Waals surface area contributed by atoms with Crippen molar-refractivity contribution in [2.75, 3.05) is 11.9 Å². The Labute approximate surface area is 234 Å². The van der Waals surface area contributed by atoms with Gasteiger partial charge in [-0.25, -0.2) is 22.8 Å². The molecule has 0 saturated heterocycles. The summed E-state index contributed by atoms with van der Waals surface area (Å²) < 4.78 is 42.8. The van der Waals surface area contributed by atoms with E-state index in [1.807, 2.05) is 0 Å². The Hall–Kier alpha value is -3.69. The molecule has 12 nitrogen and oxygen atoms in total. The second-order valence-corrected chi connectivity index (χ2v) is 12.6. The lowest BCUT2D eigenvalue weighted by atomic mass is 9.77. The molecule has 2 aliphatic heterocycles. The number of thiazole rings is 1. The van der Waals surface area contributed by atoms with Gasteiger partial charge in [-0.2, -0.15) is 4.72 Å². The highest BCUT2D eigenvalue weighted by Crippen LogP contribution is 2.35. The molecule has 3 heterocycles. The van der Waals surface area contributed by atoms with Crippen LogP contribution in [0, 0.1) is 18.7 Å². The highest BCUT2D eigenvalue weighted by Gasteiger charge is 2.40. The third-order valence-corrected chi connectivity index (χ3v) is 9.86. The predicted octanol–water partition coefficient (Wildman–Crippen LogP) is 2.04. The monoisotopic (exact) mass is 592 g/mol. The molecular formula is C25H29FN6O6S2. The summed E-state index contributed by atoms with van der Waals surface area (Å²) in [6.07, 6.45) is 2.98. The molecule has 3 aliphatic rings. The maximum absolute atomic E-state index is 13.5. The third kappa shape index (κ3) is 6.89. The van der Waals surface area contributed by atoms with E-state index in [0.717, 1.165) is 11.3 Å². The van der Waals surface area contributed by atoms with Crippen molar-refractivity contribution >= 4 is 50.4 Å². The first-order valence-electron chi connectivity index (χ1n) is 12.5. The molecule has 40 heavy (non-hydrogen) atoms. The first-order chi connectivity index (χ1) is 18.9. The van der Waals surface area contributed by atoms with Crippen LogP contribution in [-0.4, -0.2) is 54.5 Å². The fourth-order valence-corrected chi connectivity index (χ4v) is 7.38. The molecule has 1 aliphatic carbocycles. The largest absolute Gasteiger partial charge is 0.501 e. The number of hydrogen-bond donors (Lipinski definition) is 5. The number of benzene rings is 1. The van der Waals surface area contributed by atoms with Gasteiger partial charge in [0.25, 0.3) is 21.8 Å². The van der Waals surface area contributed by atoms with Crippen LogP contribution in [0.5, 0.6) is 0 Å². The summed E-state index contributed by atoms with van der Waals surface area (Å²) in [7, 11) is -4.15. The van der Waals surface area contributed by atoms with Crippen LogP contribution in [0.1, 0.15) is 43.9 Å².